The SMILES string of the molecule is Cc1ccc(OCc2nc3ccccc3n2[C@@H](C)c2ccccc2)cc1. The Hall–Kier alpha value is -3.07. The molecule has 0 unspecified atom stereocenters. The van der Waals surface area contributed by atoms with Crippen LogP contribution in [0.1, 0.15) is 29.9 Å². The maximum absolute atomic E-state index is 6.02. The Morgan fingerprint density at radius 2 is 1.58 bits per heavy atom. The molecule has 0 fully saturated rings. The van der Waals surface area contributed by atoms with E-state index in [0.29, 0.717) is 6.61 Å². The lowest BCUT2D eigenvalue weighted by Gasteiger charge is -2.18. The minimum absolute atomic E-state index is 0.181. The lowest BCUT2D eigenvalue weighted by Crippen LogP contribution is -2.12. The summed E-state index contributed by atoms with van der Waals surface area (Å²) in [5, 5.41) is 0. The highest BCUT2D eigenvalue weighted by Gasteiger charge is 2.17. The summed E-state index contributed by atoms with van der Waals surface area (Å²) in [4.78, 5) is 4.83. The van der Waals surface area contributed by atoms with Crippen molar-refractivity contribution in [1.82, 2.24) is 9.55 Å². The Kier molecular flexibility index (Phi) is 4.44. The summed E-state index contributed by atoms with van der Waals surface area (Å²) in [6, 6.07) is 27.1. The number of ether oxygens (including phenoxy) is 1. The third-order valence-electron chi connectivity index (χ3n) is 4.73. The molecule has 0 aliphatic heterocycles. The summed E-state index contributed by atoms with van der Waals surface area (Å²) in [6.45, 7) is 4.72. The molecular weight excluding hydrogens is 320 g/mol. The highest BCUT2D eigenvalue weighted by atomic mass is 16.5. The highest BCUT2D eigenvalue weighted by molar-refractivity contribution is 5.76. The second-order valence-electron chi connectivity index (χ2n) is 6.58. The molecule has 0 N–H and O–H groups in total. The third-order valence-corrected chi connectivity index (χ3v) is 4.73. The van der Waals surface area contributed by atoms with E-state index in [-0.39, 0.29) is 6.04 Å². The van der Waals surface area contributed by atoms with Crippen LogP contribution in [0.4, 0.5) is 0 Å². The molecule has 0 saturated carbocycles. The third kappa shape index (κ3) is 3.21. The quantitative estimate of drug-likeness (QED) is 0.476. The van der Waals surface area contributed by atoms with Crippen LogP contribution in [0.5, 0.6) is 5.75 Å². The average molecular weight is 342 g/mol. The highest BCUT2D eigenvalue weighted by Crippen LogP contribution is 2.26. The number of aromatic nitrogens is 2. The van der Waals surface area contributed by atoms with Crippen molar-refractivity contribution in [3.05, 3.63) is 95.8 Å². The van der Waals surface area contributed by atoms with Crippen LogP contribution in [0, 0.1) is 6.92 Å². The summed E-state index contributed by atoms with van der Waals surface area (Å²) in [5.41, 5.74) is 4.61. The van der Waals surface area contributed by atoms with Crippen molar-refractivity contribution in [3.63, 3.8) is 0 Å². The number of benzene rings is 3. The lowest BCUT2D eigenvalue weighted by atomic mass is 10.1. The maximum Gasteiger partial charge on any atom is 0.148 e. The molecule has 3 heteroatoms. The lowest BCUT2D eigenvalue weighted by molar-refractivity contribution is 0.288. The fourth-order valence-electron chi connectivity index (χ4n) is 3.29. The molecular formula is C23H22N2O. The van der Waals surface area contributed by atoms with E-state index in [1.54, 1.807) is 0 Å². The van der Waals surface area contributed by atoms with E-state index in [4.69, 9.17) is 9.72 Å². The van der Waals surface area contributed by atoms with Crippen molar-refractivity contribution in [2.75, 3.05) is 0 Å². The van der Waals surface area contributed by atoms with Crippen LogP contribution in [0.15, 0.2) is 78.9 Å². The second-order valence-corrected chi connectivity index (χ2v) is 6.58. The molecule has 0 spiro atoms. The first kappa shape index (κ1) is 16.4. The first-order valence-electron chi connectivity index (χ1n) is 8.92. The van der Waals surface area contributed by atoms with Gasteiger partial charge in [-0.25, -0.2) is 4.98 Å². The fourth-order valence-corrected chi connectivity index (χ4v) is 3.29. The van der Waals surface area contributed by atoms with Crippen LogP contribution in [-0.2, 0) is 6.61 Å². The molecule has 3 nitrogen and oxygen atoms in total. The van der Waals surface area contributed by atoms with E-state index in [0.717, 1.165) is 22.6 Å². The van der Waals surface area contributed by atoms with E-state index in [9.17, 15) is 0 Å². The minimum Gasteiger partial charge on any atom is -0.486 e. The van der Waals surface area contributed by atoms with Crippen molar-refractivity contribution >= 4 is 11.0 Å². The Morgan fingerprint density at radius 1 is 0.885 bits per heavy atom. The smallest absolute Gasteiger partial charge is 0.148 e. The van der Waals surface area contributed by atoms with Gasteiger partial charge in [0.1, 0.15) is 18.2 Å². The van der Waals surface area contributed by atoms with E-state index in [1.807, 2.05) is 24.3 Å². The maximum atomic E-state index is 6.02. The molecule has 4 rings (SSSR count). The van der Waals surface area contributed by atoms with Gasteiger partial charge in [0.25, 0.3) is 0 Å². The van der Waals surface area contributed by atoms with Crippen molar-refractivity contribution in [3.8, 4) is 5.75 Å². The summed E-state index contributed by atoms with van der Waals surface area (Å²) in [7, 11) is 0. The largest absolute Gasteiger partial charge is 0.486 e. The number of fused-ring (bicyclic) bond motifs is 1. The van der Waals surface area contributed by atoms with E-state index >= 15 is 0 Å². The molecule has 1 aromatic heterocycles. The Balaban J connectivity index is 1.70. The Morgan fingerprint density at radius 3 is 2.35 bits per heavy atom. The first-order chi connectivity index (χ1) is 12.7. The monoisotopic (exact) mass is 342 g/mol. The van der Waals surface area contributed by atoms with Gasteiger partial charge in [0.2, 0.25) is 0 Å². The van der Waals surface area contributed by atoms with Crippen molar-refractivity contribution in [1.29, 1.82) is 0 Å². The predicted molar refractivity (Wildman–Crippen MR) is 105 cm³/mol. The first-order valence-corrected chi connectivity index (χ1v) is 8.92. The molecule has 0 radical (unpaired) electrons. The van der Waals surface area contributed by atoms with Crippen molar-refractivity contribution < 1.29 is 4.74 Å². The van der Waals surface area contributed by atoms with Crippen molar-refractivity contribution in [2.45, 2.75) is 26.5 Å². The number of nitrogens with zero attached hydrogens (tertiary/aromatic N) is 2. The molecule has 0 bridgehead atoms. The van der Waals surface area contributed by atoms with Crippen LogP contribution in [0.2, 0.25) is 0 Å². The van der Waals surface area contributed by atoms with Crippen LogP contribution < -0.4 is 4.74 Å². The second kappa shape index (κ2) is 7.04. The Labute approximate surface area is 153 Å². The van der Waals surface area contributed by atoms with Gasteiger partial charge in [-0.2, -0.15) is 0 Å². The topological polar surface area (TPSA) is 27.1 Å². The van der Waals surface area contributed by atoms with Gasteiger partial charge in [0.05, 0.1) is 17.1 Å². The van der Waals surface area contributed by atoms with Gasteiger partial charge < -0.3 is 9.30 Å². The number of imidazole rings is 1. The van der Waals surface area contributed by atoms with Gasteiger partial charge in [0, 0.05) is 0 Å². The molecule has 0 aliphatic rings. The zero-order valence-electron chi connectivity index (χ0n) is 15.1. The molecule has 0 aliphatic carbocycles. The van der Waals surface area contributed by atoms with E-state index in [1.165, 1.54) is 11.1 Å². The number of hydrogen-bond donors (Lipinski definition) is 0. The van der Waals surface area contributed by atoms with Gasteiger partial charge >= 0.3 is 0 Å². The van der Waals surface area contributed by atoms with Gasteiger partial charge in [-0.1, -0.05) is 60.2 Å². The predicted octanol–water partition coefficient (Wildman–Crippen LogP) is 5.53. The van der Waals surface area contributed by atoms with E-state index < -0.39 is 0 Å². The summed E-state index contributed by atoms with van der Waals surface area (Å²) >= 11 is 0. The number of para-hydroxylation sites is 2. The number of hydrogen-bond acceptors (Lipinski definition) is 2. The molecule has 3 aromatic carbocycles. The molecule has 130 valence electrons. The molecule has 0 saturated heterocycles. The van der Waals surface area contributed by atoms with Crippen LogP contribution in [0.3, 0.4) is 0 Å². The molecule has 4 aromatic rings. The van der Waals surface area contributed by atoms with Gasteiger partial charge in [-0.15, -0.1) is 0 Å². The van der Waals surface area contributed by atoms with Crippen LogP contribution in [0.25, 0.3) is 11.0 Å². The van der Waals surface area contributed by atoms with Gasteiger partial charge in [-0.05, 0) is 43.7 Å². The zero-order valence-corrected chi connectivity index (χ0v) is 15.1. The summed E-state index contributed by atoms with van der Waals surface area (Å²) in [5.74, 6) is 1.80. The molecule has 1 atom stereocenters. The molecule has 0 amide bonds. The Bertz CT molecular complexity index is 1000. The average Bonchev–Trinajstić information content (AvgIpc) is 3.06. The number of aryl methyl sites for hydroxylation is 1. The molecule has 26 heavy (non-hydrogen) atoms. The minimum atomic E-state index is 0.181. The van der Waals surface area contributed by atoms with Crippen LogP contribution >= 0.6 is 0 Å². The summed E-state index contributed by atoms with van der Waals surface area (Å²) < 4.78 is 8.30. The van der Waals surface area contributed by atoms with E-state index in [2.05, 4.69) is 73.0 Å². The normalized spacial score (nSPS) is 12.2. The zero-order chi connectivity index (χ0) is 17.9. The van der Waals surface area contributed by atoms with Gasteiger partial charge in [-0.3, -0.25) is 0 Å². The van der Waals surface area contributed by atoms with Gasteiger partial charge in [0.15, 0.2) is 0 Å². The fraction of sp³-hybridized carbons (Fsp3) is 0.174. The van der Waals surface area contributed by atoms with Crippen LogP contribution in [-0.4, -0.2) is 9.55 Å². The summed E-state index contributed by atoms with van der Waals surface area (Å²) in [6.07, 6.45) is 0. The number of rotatable bonds is 5. The van der Waals surface area contributed by atoms with Crippen molar-refractivity contribution in [2.24, 2.45) is 0 Å². The standard InChI is InChI=1S/C23H22N2O/c1-17-12-14-20(15-13-17)26-16-23-24-21-10-6-7-11-22(21)25(23)18(2)19-8-4-3-5-9-19/h3-15,18H,16H2,1-2H3/t18-/m0/s1. The molecule has 1 heterocycles.